The van der Waals surface area contributed by atoms with E-state index in [0.29, 0.717) is 23.1 Å². The summed E-state index contributed by atoms with van der Waals surface area (Å²) in [5, 5.41) is 5.68. The zero-order valence-electron chi connectivity index (χ0n) is 12.9. The molecule has 24 heavy (non-hydrogen) atoms. The molecule has 0 spiro atoms. The third-order valence-electron chi connectivity index (χ3n) is 3.62. The van der Waals surface area contributed by atoms with Gasteiger partial charge in [-0.25, -0.2) is 9.18 Å². The number of thiophene rings is 1. The predicted octanol–water partition coefficient (Wildman–Crippen LogP) is 3.17. The number of methoxy groups -OCH3 is 1. The summed E-state index contributed by atoms with van der Waals surface area (Å²) in [7, 11) is 1.21. The zero-order valence-corrected chi connectivity index (χ0v) is 13.7. The molecule has 5 nitrogen and oxygen atoms in total. The second-order valence-corrected chi connectivity index (χ2v) is 6.17. The Bertz CT molecular complexity index is 935. The molecule has 7 heteroatoms. The van der Waals surface area contributed by atoms with Crippen molar-refractivity contribution in [3.8, 4) is 0 Å². The summed E-state index contributed by atoms with van der Waals surface area (Å²) in [5.74, 6) is -1.20. The van der Waals surface area contributed by atoms with Crippen LogP contribution >= 0.6 is 11.3 Å². The highest BCUT2D eigenvalue weighted by atomic mass is 32.1. The zero-order chi connectivity index (χ0) is 17.1. The van der Waals surface area contributed by atoms with Gasteiger partial charge in [0.2, 0.25) is 0 Å². The molecule has 0 saturated heterocycles. The summed E-state index contributed by atoms with van der Waals surface area (Å²) in [6.07, 6.45) is 0.744. The van der Waals surface area contributed by atoms with Gasteiger partial charge in [0, 0.05) is 16.8 Å². The molecule has 0 amide bonds. The molecule has 0 aliphatic heterocycles. The number of hydrogen-bond acceptors (Lipinski definition) is 5. The summed E-state index contributed by atoms with van der Waals surface area (Å²) in [6.45, 7) is 0.528. The number of hydrogen-bond donors (Lipinski definition) is 2. The molecule has 0 aliphatic rings. The fraction of sp³-hybridized carbons (Fsp3) is 0.176. The largest absolute Gasteiger partial charge is 0.465 e. The van der Waals surface area contributed by atoms with Crippen molar-refractivity contribution < 1.29 is 13.9 Å². The van der Waals surface area contributed by atoms with Crippen LogP contribution in [0, 0.1) is 5.82 Å². The van der Waals surface area contributed by atoms with Crippen molar-refractivity contribution in [3.05, 3.63) is 62.3 Å². The Morgan fingerprint density at radius 3 is 2.92 bits per heavy atom. The monoisotopic (exact) mass is 346 g/mol. The summed E-state index contributed by atoms with van der Waals surface area (Å²) < 4.78 is 18.1. The first-order valence-electron chi connectivity index (χ1n) is 7.30. The van der Waals surface area contributed by atoms with Crippen LogP contribution < -0.4 is 10.9 Å². The van der Waals surface area contributed by atoms with Gasteiger partial charge in [0.15, 0.2) is 0 Å². The minimum absolute atomic E-state index is 0.109. The molecule has 0 fully saturated rings. The van der Waals surface area contributed by atoms with Crippen molar-refractivity contribution >= 4 is 33.9 Å². The van der Waals surface area contributed by atoms with E-state index in [1.165, 1.54) is 30.2 Å². The van der Waals surface area contributed by atoms with Gasteiger partial charge in [-0.2, -0.15) is 0 Å². The first-order chi connectivity index (χ1) is 11.6. The van der Waals surface area contributed by atoms with Gasteiger partial charge in [-0.3, -0.25) is 4.79 Å². The number of benzene rings is 1. The van der Waals surface area contributed by atoms with Crippen molar-refractivity contribution in [1.82, 2.24) is 4.98 Å². The van der Waals surface area contributed by atoms with Crippen molar-refractivity contribution in [2.24, 2.45) is 0 Å². The Hall–Kier alpha value is -2.67. The molecule has 0 unspecified atom stereocenters. The SMILES string of the molecule is COC(=O)c1c(NCCc2cccs2)c2ccc(F)cc2[nH]c1=O. The maximum atomic E-state index is 13.4. The minimum Gasteiger partial charge on any atom is -0.465 e. The highest BCUT2D eigenvalue weighted by molar-refractivity contribution is 7.09. The molecule has 3 rings (SSSR count). The molecule has 2 heterocycles. The molecule has 0 saturated carbocycles. The number of rotatable bonds is 5. The van der Waals surface area contributed by atoms with Crippen molar-refractivity contribution in [2.45, 2.75) is 6.42 Å². The molecule has 0 aliphatic carbocycles. The Morgan fingerprint density at radius 2 is 2.21 bits per heavy atom. The van der Waals surface area contributed by atoms with Crippen molar-refractivity contribution in [1.29, 1.82) is 0 Å². The van der Waals surface area contributed by atoms with E-state index in [0.717, 1.165) is 6.42 Å². The number of nitrogens with one attached hydrogen (secondary N) is 2. The smallest absolute Gasteiger partial charge is 0.345 e. The van der Waals surface area contributed by atoms with Gasteiger partial charge in [0.25, 0.3) is 5.56 Å². The second-order valence-electron chi connectivity index (χ2n) is 5.14. The van der Waals surface area contributed by atoms with Crippen LogP contribution in [0.25, 0.3) is 10.9 Å². The normalized spacial score (nSPS) is 10.8. The number of H-pyrrole nitrogens is 1. The lowest BCUT2D eigenvalue weighted by Crippen LogP contribution is -2.22. The highest BCUT2D eigenvalue weighted by Gasteiger charge is 2.20. The molecule has 124 valence electrons. The third-order valence-corrected chi connectivity index (χ3v) is 4.56. The van der Waals surface area contributed by atoms with E-state index in [9.17, 15) is 14.0 Å². The van der Waals surface area contributed by atoms with E-state index in [2.05, 4.69) is 10.3 Å². The average molecular weight is 346 g/mol. The number of pyridine rings is 1. The molecule has 0 atom stereocenters. The number of esters is 1. The van der Waals surface area contributed by atoms with E-state index < -0.39 is 17.3 Å². The maximum Gasteiger partial charge on any atom is 0.345 e. The standard InChI is InChI=1S/C17H15FN2O3S/c1-23-17(22)14-15(19-7-6-11-3-2-8-24-11)12-5-4-10(18)9-13(12)20-16(14)21/h2-5,8-9H,6-7H2,1H3,(H2,19,20,21). The number of aromatic amines is 1. The summed E-state index contributed by atoms with van der Waals surface area (Å²) in [4.78, 5) is 28.0. The first-order valence-corrected chi connectivity index (χ1v) is 8.18. The first kappa shape index (κ1) is 16.2. The molecule has 2 N–H and O–H groups in total. The number of anilines is 1. The molecule has 0 radical (unpaired) electrons. The fourth-order valence-electron chi connectivity index (χ4n) is 2.52. The minimum atomic E-state index is -0.735. The number of carbonyl (C=O) groups excluding carboxylic acids is 1. The van der Waals surface area contributed by atoms with E-state index in [1.807, 2.05) is 17.5 Å². The topological polar surface area (TPSA) is 71.2 Å². The molecule has 3 aromatic rings. The van der Waals surface area contributed by atoms with E-state index in [1.54, 1.807) is 11.3 Å². The lowest BCUT2D eigenvalue weighted by molar-refractivity contribution is 0.0600. The average Bonchev–Trinajstić information content (AvgIpc) is 3.07. The van der Waals surface area contributed by atoms with Crippen LogP contribution in [0.3, 0.4) is 0 Å². The van der Waals surface area contributed by atoms with Gasteiger partial charge < -0.3 is 15.0 Å². The number of halogens is 1. The van der Waals surface area contributed by atoms with E-state index in [-0.39, 0.29) is 5.56 Å². The number of carbonyl (C=O) groups is 1. The maximum absolute atomic E-state index is 13.4. The summed E-state index contributed by atoms with van der Waals surface area (Å²) >= 11 is 1.63. The van der Waals surface area contributed by atoms with Crippen LogP contribution in [-0.2, 0) is 11.2 Å². The van der Waals surface area contributed by atoms with Gasteiger partial charge in [0.05, 0.1) is 18.3 Å². The Kier molecular flexibility index (Phi) is 4.61. The summed E-state index contributed by atoms with van der Waals surface area (Å²) in [6, 6.07) is 8.01. The van der Waals surface area contributed by atoms with Crippen molar-refractivity contribution in [3.63, 3.8) is 0 Å². The third kappa shape index (κ3) is 3.16. The number of fused-ring (bicyclic) bond motifs is 1. The molecule has 0 bridgehead atoms. The lowest BCUT2D eigenvalue weighted by atomic mass is 10.1. The van der Waals surface area contributed by atoms with Gasteiger partial charge in [-0.1, -0.05) is 6.07 Å². The van der Waals surface area contributed by atoms with Gasteiger partial charge in [0.1, 0.15) is 11.4 Å². The lowest BCUT2D eigenvalue weighted by Gasteiger charge is -2.13. The highest BCUT2D eigenvalue weighted by Crippen LogP contribution is 2.25. The van der Waals surface area contributed by atoms with Crippen LogP contribution in [-0.4, -0.2) is 24.6 Å². The van der Waals surface area contributed by atoms with E-state index in [4.69, 9.17) is 4.74 Å². The van der Waals surface area contributed by atoms with Crippen LogP contribution in [0.15, 0.2) is 40.5 Å². The number of aromatic nitrogens is 1. The Labute approximate surface area is 141 Å². The Balaban J connectivity index is 2.03. The van der Waals surface area contributed by atoms with Crippen molar-refractivity contribution in [2.75, 3.05) is 19.0 Å². The molecular weight excluding hydrogens is 331 g/mol. The van der Waals surface area contributed by atoms with Gasteiger partial charge in [-0.05, 0) is 36.1 Å². The Morgan fingerprint density at radius 1 is 1.38 bits per heavy atom. The van der Waals surface area contributed by atoms with Crippen LogP contribution in [0.4, 0.5) is 10.1 Å². The predicted molar refractivity (Wildman–Crippen MR) is 92.4 cm³/mol. The molecule has 1 aromatic carbocycles. The fourth-order valence-corrected chi connectivity index (χ4v) is 3.23. The van der Waals surface area contributed by atoms with Gasteiger partial charge in [-0.15, -0.1) is 11.3 Å². The molecule has 2 aromatic heterocycles. The molecular formula is C17H15FN2O3S. The summed E-state index contributed by atoms with van der Waals surface area (Å²) in [5.41, 5.74) is -0.0372. The quantitative estimate of drug-likeness (QED) is 0.696. The second kappa shape index (κ2) is 6.84. The van der Waals surface area contributed by atoms with E-state index >= 15 is 0 Å². The van der Waals surface area contributed by atoms with Crippen LogP contribution in [0.2, 0.25) is 0 Å². The number of ether oxygens (including phenoxy) is 1. The van der Waals surface area contributed by atoms with Gasteiger partial charge >= 0.3 is 5.97 Å². The van der Waals surface area contributed by atoms with Crippen LogP contribution in [0.5, 0.6) is 0 Å². The van der Waals surface area contributed by atoms with Crippen LogP contribution in [0.1, 0.15) is 15.2 Å².